The zero-order valence-electron chi connectivity index (χ0n) is 13.4. The number of imidazole rings is 1. The average molecular weight is 364 g/mol. The lowest BCUT2D eigenvalue weighted by atomic mass is 10.2. The molecule has 26 heavy (non-hydrogen) atoms. The highest BCUT2D eigenvalue weighted by Crippen LogP contribution is 2.20. The monoisotopic (exact) mass is 364 g/mol. The van der Waals surface area contributed by atoms with Crippen LogP contribution < -0.4 is 11.4 Å². The number of hydrazine groups is 1. The maximum absolute atomic E-state index is 12.1. The lowest BCUT2D eigenvalue weighted by Gasteiger charge is -2.10. The molecular formula is C14H16N6O6. The normalized spacial score (nSPS) is 10.5. The minimum absolute atomic E-state index is 0.0559. The van der Waals surface area contributed by atoms with Crippen molar-refractivity contribution in [3.63, 3.8) is 0 Å². The van der Waals surface area contributed by atoms with Gasteiger partial charge in [0.25, 0.3) is 5.96 Å². The number of carboxylic acids is 1. The molecule has 0 unspecified atom stereocenters. The molecule has 0 saturated heterocycles. The third-order valence-corrected chi connectivity index (χ3v) is 3.57. The van der Waals surface area contributed by atoms with E-state index in [-0.39, 0.29) is 36.3 Å². The molecular weight excluding hydrogens is 348 g/mol. The third-order valence-electron chi connectivity index (χ3n) is 3.57. The van der Waals surface area contributed by atoms with Gasteiger partial charge in [-0.05, 0) is 31.0 Å². The molecule has 0 bridgehead atoms. The third kappa shape index (κ3) is 3.80. The Morgan fingerprint density at radius 3 is 2.73 bits per heavy atom. The number of nitro groups is 1. The molecule has 0 amide bonds. The first-order valence-corrected chi connectivity index (χ1v) is 7.34. The van der Waals surface area contributed by atoms with Gasteiger partial charge in [-0.3, -0.25) is 5.41 Å². The number of hydrogen-bond donors (Lipinski definition) is 5. The van der Waals surface area contributed by atoms with Crippen molar-refractivity contribution in [1.29, 1.82) is 5.41 Å². The molecule has 0 atom stereocenters. The Hall–Kier alpha value is -3.83. The molecule has 6 N–H and O–H groups in total. The number of carbonyl (C=O) groups is 1. The minimum atomic E-state index is -1.18. The number of H-pyrrole nitrogens is 1. The smallest absolute Gasteiger partial charge is 0.335 e. The fourth-order valence-corrected chi connectivity index (χ4v) is 2.36. The second-order valence-electron chi connectivity index (χ2n) is 5.27. The van der Waals surface area contributed by atoms with Crippen LogP contribution in [0, 0.1) is 15.5 Å². The number of nitrogens with one attached hydrogen (secondary N) is 2. The van der Waals surface area contributed by atoms with E-state index in [0.717, 1.165) is 4.57 Å². The van der Waals surface area contributed by atoms with Gasteiger partial charge in [-0.1, -0.05) is 11.1 Å². The highest BCUT2D eigenvalue weighted by molar-refractivity contribution is 5.88. The van der Waals surface area contributed by atoms with Crippen LogP contribution in [-0.2, 0) is 6.42 Å². The maximum atomic E-state index is 12.1. The Morgan fingerprint density at radius 2 is 2.15 bits per heavy atom. The molecule has 1 aromatic heterocycles. The number of aromatic carboxylic acids is 1. The second kappa shape index (κ2) is 7.38. The summed E-state index contributed by atoms with van der Waals surface area (Å²) in [6.45, 7) is -0.191. The molecule has 0 aliphatic rings. The lowest BCUT2D eigenvalue weighted by molar-refractivity contribution is -0.629. The topological polar surface area (TPSA) is 192 Å². The minimum Gasteiger partial charge on any atom is -0.493 e. The van der Waals surface area contributed by atoms with Gasteiger partial charge in [-0.25, -0.2) is 24.3 Å². The summed E-state index contributed by atoms with van der Waals surface area (Å²) in [6, 6.07) is 5.45. The molecule has 2 rings (SSSR count). The van der Waals surface area contributed by atoms with E-state index in [1.54, 1.807) is 0 Å². The van der Waals surface area contributed by atoms with E-state index in [2.05, 4.69) is 4.98 Å². The van der Waals surface area contributed by atoms with Crippen LogP contribution in [0.5, 0.6) is 5.88 Å². The zero-order valence-corrected chi connectivity index (χ0v) is 13.4. The molecule has 0 saturated carbocycles. The van der Waals surface area contributed by atoms with Crippen molar-refractivity contribution in [3.05, 3.63) is 56.1 Å². The maximum Gasteiger partial charge on any atom is 0.335 e. The summed E-state index contributed by atoms with van der Waals surface area (Å²) >= 11 is 0. The molecule has 0 aliphatic heterocycles. The number of aryl methyl sites for hydroxylation is 1. The summed E-state index contributed by atoms with van der Waals surface area (Å²) in [5.74, 6) is -2.33. The highest BCUT2D eigenvalue weighted by Gasteiger charge is 2.19. The van der Waals surface area contributed by atoms with E-state index in [1.165, 1.54) is 24.3 Å². The number of aromatic hydroxyl groups is 1. The quantitative estimate of drug-likeness (QED) is 0.194. The second-order valence-corrected chi connectivity index (χ2v) is 5.27. The first-order chi connectivity index (χ1) is 12.2. The van der Waals surface area contributed by atoms with Crippen LogP contribution in [0.3, 0.4) is 0 Å². The van der Waals surface area contributed by atoms with E-state index < -0.39 is 28.5 Å². The molecule has 138 valence electrons. The summed E-state index contributed by atoms with van der Waals surface area (Å²) in [5.41, 5.74) is 4.64. The average Bonchev–Trinajstić information content (AvgIpc) is 2.84. The van der Waals surface area contributed by atoms with E-state index in [0.29, 0.717) is 5.01 Å². The first-order valence-electron chi connectivity index (χ1n) is 7.34. The predicted octanol–water partition coefficient (Wildman–Crippen LogP) is -0.111. The van der Waals surface area contributed by atoms with Gasteiger partial charge in [-0.15, -0.1) is 0 Å². The van der Waals surface area contributed by atoms with Gasteiger partial charge in [0.15, 0.2) is 5.03 Å². The number of aromatic nitrogens is 2. The largest absolute Gasteiger partial charge is 0.493 e. The lowest BCUT2D eigenvalue weighted by Crippen LogP contribution is -2.41. The van der Waals surface area contributed by atoms with E-state index in [9.17, 15) is 24.8 Å². The standard InChI is InChI=1S/C14H16N6O6/c15-13(16)18(20(25)26)6-2-5-10-11(21)19(14(24)17-10)9-4-1-3-8(7-9)12(22)23/h1,3-4,7,21H,2,5-6H2,(H3,15,16)(H,17,24)(H,22,23). The molecule has 1 aromatic carbocycles. The summed E-state index contributed by atoms with van der Waals surface area (Å²) in [4.78, 5) is 36.3. The Bertz CT molecular complexity index is 903. The fourth-order valence-electron chi connectivity index (χ4n) is 2.36. The van der Waals surface area contributed by atoms with Crippen molar-refractivity contribution in [2.45, 2.75) is 12.8 Å². The first kappa shape index (κ1) is 18.5. The van der Waals surface area contributed by atoms with Crippen LogP contribution in [0.15, 0.2) is 29.1 Å². The van der Waals surface area contributed by atoms with Crippen LogP contribution in [0.1, 0.15) is 22.5 Å². The van der Waals surface area contributed by atoms with Gasteiger partial charge < -0.3 is 20.9 Å². The Labute approximate surface area is 145 Å². The SMILES string of the molecule is N=C(N)N(CCCc1[nH]c(=O)n(-c2cccc(C(=O)O)c2)c1O)[N+](=O)[O-]. The van der Waals surface area contributed by atoms with Gasteiger partial charge in [0.05, 0.1) is 23.5 Å². The van der Waals surface area contributed by atoms with Crippen molar-refractivity contribution in [1.82, 2.24) is 14.6 Å². The number of hydrogen-bond acceptors (Lipinski definition) is 6. The number of benzene rings is 1. The number of nitrogens with zero attached hydrogens (tertiary/aromatic N) is 3. The summed E-state index contributed by atoms with van der Waals surface area (Å²) in [7, 11) is 0. The number of rotatable bonds is 7. The molecule has 0 fully saturated rings. The van der Waals surface area contributed by atoms with Crippen molar-refractivity contribution >= 4 is 11.9 Å². The summed E-state index contributed by atoms with van der Waals surface area (Å²) in [6.07, 6.45) is 0.202. The van der Waals surface area contributed by atoms with Crippen LogP contribution in [-0.4, -0.2) is 48.3 Å². The van der Waals surface area contributed by atoms with Crippen molar-refractivity contribution in [2.75, 3.05) is 6.54 Å². The molecule has 0 spiro atoms. The van der Waals surface area contributed by atoms with Crippen LogP contribution >= 0.6 is 0 Å². The van der Waals surface area contributed by atoms with Gasteiger partial charge in [0.1, 0.15) is 0 Å². The Kier molecular flexibility index (Phi) is 5.25. The van der Waals surface area contributed by atoms with Crippen molar-refractivity contribution in [3.8, 4) is 11.6 Å². The number of nitrogens with two attached hydrogens (primary N) is 1. The Morgan fingerprint density at radius 1 is 1.46 bits per heavy atom. The number of aromatic amines is 1. The van der Waals surface area contributed by atoms with E-state index in [4.69, 9.17) is 16.2 Å². The van der Waals surface area contributed by atoms with Crippen LogP contribution in [0.25, 0.3) is 5.69 Å². The molecule has 0 radical (unpaired) electrons. The fraction of sp³-hybridized carbons (Fsp3) is 0.214. The van der Waals surface area contributed by atoms with Gasteiger partial charge in [-0.2, -0.15) is 0 Å². The van der Waals surface area contributed by atoms with Gasteiger partial charge >= 0.3 is 11.7 Å². The van der Waals surface area contributed by atoms with Gasteiger partial charge in [0, 0.05) is 0 Å². The van der Waals surface area contributed by atoms with Gasteiger partial charge in [0.2, 0.25) is 5.88 Å². The Balaban J connectivity index is 2.22. The van der Waals surface area contributed by atoms with E-state index in [1.807, 2.05) is 0 Å². The van der Waals surface area contributed by atoms with Crippen LogP contribution in [0.4, 0.5) is 0 Å². The summed E-state index contributed by atoms with van der Waals surface area (Å²) < 4.78 is 0.901. The van der Waals surface area contributed by atoms with Crippen LogP contribution in [0.2, 0.25) is 0 Å². The molecule has 12 nitrogen and oxygen atoms in total. The number of guanidine groups is 1. The molecule has 12 heteroatoms. The summed E-state index contributed by atoms with van der Waals surface area (Å²) in [5, 5.41) is 36.7. The van der Waals surface area contributed by atoms with E-state index >= 15 is 0 Å². The molecule has 1 heterocycles. The van der Waals surface area contributed by atoms with Crippen molar-refractivity contribution < 1.29 is 20.0 Å². The molecule has 2 aromatic rings. The predicted molar refractivity (Wildman–Crippen MR) is 88.9 cm³/mol. The van der Waals surface area contributed by atoms with Crippen molar-refractivity contribution in [2.24, 2.45) is 5.73 Å². The molecule has 0 aliphatic carbocycles. The number of carboxylic acid groups (broad SMARTS) is 1. The highest BCUT2D eigenvalue weighted by atomic mass is 16.7. The zero-order chi connectivity index (χ0) is 19.4.